The van der Waals surface area contributed by atoms with Crippen molar-refractivity contribution in [3.63, 3.8) is 0 Å². The summed E-state index contributed by atoms with van der Waals surface area (Å²) in [6.45, 7) is 0. The van der Waals surface area contributed by atoms with Crippen LogP contribution in [0.2, 0.25) is 0 Å². The molecule has 0 fully saturated rings. The maximum absolute atomic E-state index is 12.1. The lowest BCUT2D eigenvalue weighted by Gasteiger charge is -2.06. The zero-order valence-electron chi connectivity index (χ0n) is 11.9. The fourth-order valence-electron chi connectivity index (χ4n) is 1.97. The number of carbonyl (C=O) groups excluding carboxylic acids is 1. The van der Waals surface area contributed by atoms with Crippen LogP contribution in [0.4, 0.5) is 5.69 Å². The van der Waals surface area contributed by atoms with Gasteiger partial charge in [0.1, 0.15) is 10.8 Å². The Hall–Kier alpha value is -2.18. The molecule has 0 spiro atoms. The minimum absolute atomic E-state index is 0.0868. The van der Waals surface area contributed by atoms with Gasteiger partial charge in [-0.05, 0) is 23.6 Å². The predicted molar refractivity (Wildman–Crippen MR) is 90.8 cm³/mol. The molecule has 0 saturated carbocycles. The van der Waals surface area contributed by atoms with E-state index in [0.717, 1.165) is 21.3 Å². The highest BCUT2D eigenvalue weighted by Crippen LogP contribution is 2.28. The van der Waals surface area contributed by atoms with Crippen molar-refractivity contribution in [3.8, 4) is 15.6 Å². The highest BCUT2D eigenvalue weighted by Gasteiger charge is 2.10. The maximum Gasteiger partial charge on any atom is 0.230 e. The van der Waals surface area contributed by atoms with Crippen LogP contribution >= 0.6 is 22.7 Å². The molecule has 1 amide bonds. The van der Waals surface area contributed by atoms with Crippen molar-refractivity contribution in [2.75, 3.05) is 12.4 Å². The molecule has 1 N–H and O–H groups in total. The predicted octanol–water partition coefficient (Wildman–Crippen LogP) is 4.06. The molecule has 2 heterocycles. The number of amides is 1. The Balaban J connectivity index is 1.64. The Morgan fingerprint density at radius 2 is 2.18 bits per heavy atom. The van der Waals surface area contributed by atoms with Gasteiger partial charge in [-0.2, -0.15) is 0 Å². The molecule has 112 valence electrons. The second-order valence-corrected chi connectivity index (χ2v) is 6.38. The molecular formula is C16H14N2O2S2. The van der Waals surface area contributed by atoms with E-state index in [0.29, 0.717) is 5.75 Å². The molecule has 0 atom stereocenters. The van der Waals surface area contributed by atoms with Gasteiger partial charge in [-0.1, -0.05) is 12.1 Å². The van der Waals surface area contributed by atoms with E-state index in [1.165, 1.54) is 0 Å². The lowest BCUT2D eigenvalue weighted by atomic mass is 10.2. The summed E-state index contributed by atoms with van der Waals surface area (Å²) in [5.41, 5.74) is 1.51. The van der Waals surface area contributed by atoms with Gasteiger partial charge < -0.3 is 10.1 Å². The SMILES string of the molecule is COc1cccc(NC(=O)Cc2csc(-c3cccs3)n2)c1. The molecule has 4 nitrogen and oxygen atoms in total. The molecule has 0 aliphatic carbocycles. The topological polar surface area (TPSA) is 51.2 Å². The molecule has 0 bridgehead atoms. The molecule has 3 aromatic rings. The molecule has 3 rings (SSSR count). The Bertz CT molecular complexity index is 766. The van der Waals surface area contributed by atoms with Crippen LogP contribution in [0.5, 0.6) is 5.75 Å². The molecule has 0 aliphatic heterocycles. The normalized spacial score (nSPS) is 10.4. The molecule has 0 radical (unpaired) electrons. The van der Waals surface area contributed by atoms with Crippen molar-refractivity contribution in [1.29, 1.82) is 0 Å². The van der Waals surface area contributed by atoms with Crippen LogP contribution in [-0.2, 0) is 11.2 Å². The molecular weight excluding hydrogens is 316 g/mol. The van der Waals surface area contributed by atoms with Crippen LogP contribution < -0.4 is 10.1 Å². The van der Waals surface area contributed by atoms with Gasteiger partial charge in [0.05, 0.1) is 24.1 Å². The monoisotopic (exact) mass is 330 g/mol. The first-order valence-electron chi connectivity index (χ1n) is 6.67. The van der Waals surface area contributed by atoms with Gasteiger partial charge in [0.25, 0.3) is 0 Å². The summed E-state index contributed by atoms with van der Waals surface area (Å²) < 4.78 is 5.14. The van der Waals surface area contributed by atoms with E-state index >= 15 is 0 Å². The molecule has 0 aliphatic rings. The molecule has 0 unspecified atom stereocenters. The second kappa shape index (κ2) is 6.72. The van der Waals surface area contributed by atoms with E-state index in [-0.39, 0.29) is 12.3 Å². The number of thiazole rings is 1. The Kier molecular flexibility index (Phi) is 4.50. The lowest BCUT2D eigenvalue weighted by Crippen LogP contribution is -2.14. The zero-order valence-corrected chi connectivity index (χ0v) is 13.5. The smallest absolute Gasteiger partial charge is 0.230 e. The number of hydrogen-bond donors (Lipinski definition) is 1. The summed E-state index contributed by atoms with van der Waals surface area (Å²) in [6.07, 6.45) is 0.263. The summed E-state index contributed by atoms with van der Waals surface area (Å²) >= 11 is 3.21. The molecule has 0 saturated heterocycles. The third-order valence-electron chi connectivity index (χ3n) is 2.98. The van der Waals surface area contributed by atoms with Gasteiger partial charge in [0.2, 0.25) is 5.91 Å². The summed E-state index contributed by atoms with van der Waals surface area (Å²) in [5.74, 6) is 0.628. The molecule has 2 aromatic heterocycles. The first kappa shape index (κ1) is 14.7. The highest BCUT2D eigenvalue weighted by atomic mass is 32.1. The van der Waals surface area contributed by atoms with Gasteiger partial charge in [-0.25, -0.2) is 4.98 Å². The number of nitrogens with zero attached hydrogens (tertiary/aromatic N) is 1. The third kappa shape index (κ3) is 3.52. The highest BCUT2D eigenvalue weighted by molar-refractivity contribution is 7.20. The number of aromatic nitrogens is 1. The summed E-state index contributed by atoms with van der Waals surface area (Å²) in [7, 11) is 1.60. The van der Waals surface area contributed by atoms with Crippen molar-refractivity contribution >= 4 is 34.3 Å². The van der Waals surface area contributed by atoms with E-state index in [2.05, 4.69) is 10.3 Å². The Morgan fingerprint density at radius 3 is 2.95 bits per heavy atom. The number of benzene rings is 1. The van der Waals surface area contributed by atoms with Gasteiger partial charge in [0.15, 0.2) is 0 Å². The average molecular weight is 330 g/mol. The van der Waals surface area contributed by atoms with Gasteiger partial charge in [-0.3, -0.25) is 4.79 Å². The standard InChI is InChI=1S/C16H14N2O2S2/c1-20-13-5-2-4-11(8-13)17-15(19)9-12-10-22-16(18-12)14-6-3-7-21-14/h2-8,10H,9H2,1H3,(H,17,19). The minimum atomic E-state index is -0.0868. The fraction of sp³-hybridized carbons (Fsp3) is 0.125. The lowest BCUT2D eigenvalue weighted by molar-refractivity contribution is -0.115. The number of carbonyl (C=O) groups is 1. The van der Waals surface area contributed by atoms with Crippen molar-refractivity contribution in [2.45, 2.75) is 6.42 Å². The van der Waals surface area contributed by atoms with Crippen molar-refractivity contribution in [2.24, 2.45) is 0 Å². The van der Waals surface area contributed by atoms with E-state index in [1.807, 2.05) is 41.1 Å². The maximum atomic E-state index is 12.1. The minimum Gasteiger partial charge on any atom is -0.497 e. The largest absolute Gasteiger partial charge is 0.497 e. The fourth-order valence-corrected chi connectivity index (χ4v) is 3.61. The van der Waals surface area contributed by atoms with E-state index in [4.69, 9.17) is 4.74 Å². The van der Waals surface area contributed by atoms with E-state index in [1.54, 1.807) is 35.8 Å². The number of rotatable bonds is 5. The van der Waals surface area contributed by atoms with Crippen LogP contribution in [0.25, 0.3) is 9.88 Å². The van der Waals surface area contributed by atoms with E-state index < -0.39 is 0 Å². The Labute approximate surface area is 136 Å². The van der Waals surface area contributed by atoms with Crippen molar-refractivity contribution in [1.82, 2.24) is 4.98 Å². The number of anilines is 1. The number of ether oxygens (including phenoxy) is 1. The summed E-state index contributed by atoms with van der Waals surface area (Å²) in [4.78, 5) is 17.7. The summed E-state index contributed by atoms with van der Waals surface area (Å²) in [6, 6.07) is 11.3. The first-order valence-corrected chi connectivity index (χ1v) is 8.43. The quantitative estimate of drug-likeness (QED) is 0.767. The van der Waals surface area contributed by atoms with Crippen LogP contribution in [0, 0.1) is 0 Å². The number of thiophene rings is 1. The average Bonchev–Trinajstić information content (AvgIpc) is 3.18. The second-order valence-electron chi connectivity index (χ2n) is 4.58. The number of methoxy groups -OCH3 is 1. The number of nitrogens with one attached hydrogen (secondary N) is 1. The van der Waals surface area contributed by atoms with Gasteiger partial charge in [0, 0.05) is 17.1 Å². The van der Waals surface area contributed by atoms with Crippen LogP contribution in [0.3, 0.4) is 0 Å². The number of hydrogen-bond acceptors (Lipinski definition) is 5. The third-order valence-corrected chi connectivity index (χ3v) is 4.91. The van der Waals surface area contributed by atoms with Crippen molar-refractivity contribution < 1.29 is 9.53 Å². The van der Waals surface area contributed by atoms with Crippen molar-refractivity contribution in [3.05, 3.63) is 52.9 Å². The summed E-state index contributed by atoms with van der Waals surface area (Å²) in [5, 5.41) is 7.77. The zero-order chi connectivity index (χ0) is 15.4. The van der Waals surface area contributed by atoms with Crippen LogP contribution in [0.1, 0.15) is 5.69 Å². The van der Waals surface area contributed by atoms with Crippen LogP contribution in [-0.4, -0.2) is 18.0 Å². The first-order chi connectivity index (χ1) is 10.7. The van der Waals surface area contributed by atoms with Gasteiger partial charge in [-0.15, -0.1) is 22.7 Å². The Morgan fingerprint density at radius 1 is 1.27 bits per heavy atom. The molecule has 1 aromatic carbocycles. The molecule has 22 heavy (non-hydrogen) atoms. The molecule has 6 heteroatoms. The van der Waals surface area contributed by atoms with E-state index in [9.17, 15) is 4.79 Å². The van der Waals surface area contributed by atoms with Crippen LogP contribution in [0.15, 0.2) is 47.2 Å². The van der Waals surface area contributed by atoms with Gasteiger partial charge >= 0.3 is 0 Å².